The molecule has 2 unspecified atom stereocenters. The molecule has 0 bridgehead atoms. The van der Waals surface area contributed by atoms with Gasteiger partial charge in [-0.2, -0.15) is 0 Å². The Kier molecular flexibility index (Phi) is 5.28. The lowest BCUT2D eigenvalue weighted by Crippen LogP contribution is -2.48. The molecule has 1 saturated heterocycles. The fourth-order valence-electron chi connectivity index (χ4n) is 2.13. The fraction of sp³-hybridized carbons (Fsp3) is 0.786. The van der Waals surface area contributed by atoms with Crippen molar-refractivity contribution in [1.82, 2.24) is 15.5 Å². The predicted molar refractivity (Wildman–Crippen MR) is 75.9 cm³/mol. The van der Waals surface area contributed by atoms with Crippen molar-refractivity contribution in [1.29, 1.82) is 0 Å². The van der Waals surface area contributed by atoms with E-state index in [1.165, 1.54) is 4.90 Å². The van der Waals surface area contributed by atoms with Crippen LogP contribution < -0.4 is 10.6 Å². The van der Waals surface area contributed by atoms with Crippen LogP contribution in [0.25, 0.3) is 0 Å². The average molecular weight is 283 g/mol. The van der Waals surface area contributed by atoms with Gasteiger partial charge in [-0.05, 0) is 34.1 Å². The molecule has 1 aliphatic rings. The molecule has 1 aliphatic heterocycles. The van der Waals surface area contributed by atoms with Crippen LogP contribution in [0.1, 0.15) is 47.5 Å². The lowest BCUT2D eigenvalue weighted by Gasteiger charge is -2.22. The molecule has 114 valence electrons. The lowest BCUT2D eigenvalue weighted by molar-refractivity contribution is -0.141. The van der Waals surface area contributed by atoms with E-state index < -0.39 is 6.04 Å². The molecule has 1 rings (SSSR count). The van der Waals surface area contributed by atoms with Crippen LogP contribution in [-0.4, -0.2) is 46.8 Å². The van der Waals surface area contributed by atoms with Gasteiger partial charge < -0.3 is 5.32 Å². The third-order valence-electron chi connectivity index (χ3n) is 3.24. The molecule has 0 radical (unpaired) electrons. The molecule has 6 heteroatoms. The van der Waals surface area contributed by atoms with E-state index >= 15 is 0 Å². The summed E-state index contributed by atoms with van der Waals surface area (Å²) in [5, 5.41) is 5.67. The Balaban J connectivity index is 2.53. The lowest BCUT2D eigenvalue weighted by atomic mass is 10.1. The van der Waals surface area contributed by atoms with Gasteiger partial charge in [-0.25, -0.2) is 0 Å². The SMILES string of the molecule is CCC(C)N1C(=O)CC(NCC(=O)NC(C)(C)C)C1=O. The van der Waals surface area contributed by atoms with Crippen molar-refractivity contribution < 1.29 is 14.4 Å². The molecule has 1 fully saturated rings. The van der Waals surface area contributed by atoms with E-state index in [9.17, 15) is 14.4 Å². The Hall–Kier alpha value is -1.43. The minimum absolute atomic E-state index is 0.0370. The second-order valence-corrected chi connectivity index (χ2v) is 6.30. The van der Waals surface area contributed by atoms with Gasteiger partial charge in [0.15, 0.2) is 0 Å². The minimum Gasteiger partial charge on any atom is -0.350 e. The smallest absolute Gasteiger partial charge is 0.247 e. The molecule has 3 amide bonds. The number of carbonyl (C=O) groups is 3. The highest BCUT2D eigenvalue weighted by Gasteiger charge is 2.40. The van der Waals surface area contributed by atoms with Crippen molar-refractivity contribution >= 4 is 17.7 Å². The highest BCUT2D eigenvalue weighted by molar-refractivity contribution is 6.06. The van der Waals surface area contributed by atoms with E-state index in [4.69, 9.17) is 0 Å². The van der Waals surface area contributed by atoms with Gasteiger partial charge in [0.05, 0.1) is 19.0 Å². The summed E-state index contributed by atoms with van der Waals surface area (Å²) >= 11 is 0. The first-order valence-electron chi connectivity index (χ1n) is 7.06. The van der Waals surface area contributed by atoms with Gasteiger partial charge in [-0.15, -0.1) is 0 Å². The van der Waals surface area contributed by atoms with Crippen molar-refractivity contribution in [2.45, 2.75) is 65.1 Å². The van der Waals surface area contributed by atoms with Gasteiger partial charge in [-0.1, -0.05) is 6.92 Å². The van der Waals surface area contributed by atoms with Gasteiger partial charge in [0, 0.05) is 11.6 Å². The first-order valence-corrected chi connectivity index (χ1v) is 7.06. The zero-order chi connectivity index (χ0) is 15.5. The summed E-state index contributed by atoms with van der Waals surface area (Å²) < 4.78 is 0. The minimum atomic E-state index is -0.581. The summed E-state index contributed by atoms with van der Waals surface area (Å²) in [5.74, 6) is -0.578. The van der Waals surface area contributed by atoms with E-state index in [2.05, 4.69) is 10.6 Å². The third-order valence-corrected chi connectivity index (χ3v) is 3.24. The first-order chi connectivity index (χ1) is 9.15. The van der Waals surface area contributed by atoms with E-state index in [1.54, 1.807) is 0 Å². The Bertz CT molecular complexity index is 401. The van der Waals surface area contributed by atoms with Crippen LogP contribution in [0.5, 0.6) is 0 Å². The number of amides is 3. The molecule has 6 nitrogen and oxygen atoms in total. The Morgan fingerprint density at radius 1 is 1.40 bits per heavy atom. The van der Waals surface area contributed by atoms with Crippen LogP contribution in [0.4, 0.5) is 0 Å². The Morgan fingerprint density at radius 2 is 2.00 bits per heavy atom. The van der Waals surface area contributed by atoms with Crippen molar-refractivity contribution in [2.24, 2.45) is 0 Å². The standard InChI is InChI=1S/C14H25N3O3/c1-6-9(2)17-12(19)7-10(13(17)20)15-8-11(18)16-14(3,4)5/h9-10,15H,6-8H2,1-5H3,(H,16,18). The molecule has 20 heavy (non-hydrogen) atoms. The molecule has 0 aromatic carbocycles. The maximum absolute atomic E-state index is 12.1. The van der Waals surface area contributed by atoms with Gasteiger partial charge in [0.1, 0.15) is 0 Å². The van der Waals surface area contributed by atoms with Crippen molar-refractivity contribution in [3.05, 3.63) is 0 Å². The zero-order valence-electron chi connectivity index (χ0n) is 12.9. The van der Waals surface area contributed by atoms with Crippen molar-refractivity contribution in [2.75, 3.05) is 6.54 Å². The molecule has 0 spiro atoms. The summed E-state index contributed by atoms with van der Waals surface area (Å²) in [6.07, 6.45) is 0.862. The zero-order valence-corrected chi connectivity index (χ0v) is 12.9. The predicted octanol–water partition coefficient (Wildman–Crippen LogP) is 0.417. The largest absolute Gasteiger partial charge is 0.350 e. The Labute approximate surface area is 120 Å². The number of nitrogens with one attached hydrogen (secondary N) is 2. The van der Waals surface area contributed by atoms with Crippen LogP contribution in [0.3, 0.4) is 0 Å². The van der Waals surface area contributed by atoms with Crippen LogP contribution in [0.15, 0.2) is 0 Å². The number of likely N-dealkylation sites (tertiary alicyclic amines) is 1. The van der Waals surface area contributed by atoms with Crippen LogP contribution >= 0.6 is 0 Å². The van der Waals surface area contributed by atoms with Crippen LogP contribution in [-0.2, 0) is 14.4 Å². The normalized spacial score (nSPS) is 21.2. The van der Waals surface area contributed by atoms with Gasteiger partial charge in [0.25, 0.3) is 0 Å². The second-order valence-electron chi connectivity index (χ2n) is 6.30. The summed E-state index contributed by atoms with van der Waals surface area (Å²) in [6, 6.07) is -0.674. The first kappa shape index (κ1) is 16.6. The molecular formula is C14H25N3O3. The second kappa shape index (κ2) is 6.35. The summed E-state index contributed by atoms with van der Waals surface area (Å²) in [4.78, 5) is 37.0. The maximum atomic E-state index is 12.1. The third kappa shape index (κ3) is 4.30. The number of carbonyl (C=O) groups excluding carboxylic acids is 3. The van der Waals surface area contributed by atoms with Gasteiger partial charge >= 0.3 is 0 Å². The fourth-order valence-corrected chi connectivity index (χ4v) is 2.13. The van der Waals surface area contributed by atoms with E-state index in [-0.39, 0.29) is 42.3 Å². The summed E-state index contributed by atoms with van der Waals surface area (Å²) in [5.41, 5.74) is -0.309. The van der Waals surface area contributed by atoms with Crippen LogP contribution in [0, 0.1) is 0 Å². The summed E-state index contributed by atoms with van der Waals surface area (Å²) in [7, 11) is 0. The molecule has 0 aliphatic carbocycles. The number of hydrogen-bond acceptors (Lipinski definition) is 4. The quantitative estimate of drug-likeness (QED) is 0.717. The molecule has 1 heterocycles. The van der Waals surface area contributed by atoms with E-state index in [0.717, 1.165) is 6.42 Å². The maximum Gasteiger partial charge on any atom is 0.247 e. The van der Waals surface area contributed by atoms with Crippen molar-refractivity contribution in [3.63, 3.8) is 0 Å². The monoisotopic (exact) mass is 283 g/mol. The molecular weight excluding hydrogens is 258 g/mol. The molecule has 0 aromatic rings. The average Bonchev–Trinajstić information content (AvgIpc) is 2.59. The molecule has 2 N–H and O–H groups in total. The number of hydrogen-bond donors (Lipinski definition) is 2. The molecule has 0 aromatic heterocycles. The Morgan fingerprint density at radius 3 is 2.50 bits per heavy atom. The van der Waals surface area contributed by atoms with E-state index in [0.29, 0.717) is 0 Å². The van der Waals surface area contributed by atoms with E-state index in [1.807, 2.05) is 34.6 Å². The van der Waals surface area contributed by atoms with Crippen molar-refractivity contribution in [3.8, 4) is 0 Å². The highest BCUT2D eigenvalue weighted by Crippen LogP contribution is 2.17. The summed E-state index contributed by atoms with van der Waals surface area (Å²) in [6.45, 7) is 9.49. The molecule has 2 atom stereocenters. The van der Waals surface area contributed by atoms with Gasteiger partial charge in [-0.3, -0.25) is 24.6 Å². The highest BCUT2D eigenvalue weighted by atomic mass is 16.2. The van der Waals surface area contributed by atoms with Gasteiger partial charge in [0.2, 0.25) is 17.7 Å². The van der Waals surface area contributed by atoms with Crippen LogP contribution in [0.2, 0.25) is 0 Å². The number of imide groups is 1. The number of nitrogens with zero attached hydrogens (tertiary/aromatic N) is 1. The number of rotatable bonds is 5. The molecule has 0 saturated carbocycles. The topological polar surface area (TPSA) is 78.5 Å².